The topological polar surface area (TPSA) is 0 Å². The molecule has 0 spiro atoms. The summed E-state index contributed by atoms with van der Waals surface area (Å²) in [5, 5.41) is 0. The van der Waals surface area contributed by atoms with Gasteiger partial charge in [0.2, 0.25) is 0 Å². The zero-order valence-corrected chi connectivity index (χ0v) is 8.86. The van der Waals surface area contributed by atoms with Crippen molar-refractivity contribution in [2.75, 3.05) is 0 Å². The first kappa shape index (κ1) is 9.59. The molecule has 2 aromatic carbocycles. The van der Waals surface area contributed by atoms with E-state index < -0.39 is 0 Å². The van der Waals surface area contributed by atoms with Crippen LogP contribution in [0.15, 0.2) is 48.5 Å². The number of benzene rings is 2. The molecule has 1 heteroatoms. The molecule has 3 rings (SSSR count). The van der Waals surface area contributed by atoms with Crippen molar-refractivity contribution in [3.05, 3.63) is 71.5 Å². The van der Waals surface area contributed by atoms with E-state index in [2.05, 4.69) is 12.1 Å². The third-order valence-electron chi connectivity index (χ3n) is 3.20. The zero-order chi connectivity index (χ0) is 11.0. The molecule has 79 valence electrons. The first-order valence-electron chi connectivity index (χ1n) is 5.56. The Morgan fingerprint density at radius 2 is 2.00 bits per heavy atom. The van der Waals surface area contributed by atoms with Crippen LogP contribution in [0.4, 0.5) is 4.39 Å². The summed E-state index contributed by atoms with van der Waals surface area (Å²) in [7, 11) is 0. The van der Waals surface area contributed by atoms with E-state index in [1.54, 1.807) is 12.1 Å². The van der Waals surface area contributed by atoms with E-state index in [1.807, 2.05) is 24.3 Å². The second-order valence-electron chi connectivity index (χ2n) is 4.32. The fourth-order valence-electron chi connectivity index (χ4n) is 2.28. The molecule has 0 saturated heterocycles. The Morgan fingerprint density at radius 1 is 1.06 bits per heavy atom. The fraction of sp³-hybridized carbons (Fsp3) is 0.200. The predicted molar refractivity (Wildman–Crippen MR) is 61.8 cm³/mol. The van der Waals surface area contributed by atoms with Gasteiger partial charge in [-0.3, -0.25) is 0 Å². The molecule has 0 bridgehead atoms. The van der Waals surface area contributed by atoms with E-state index >= 15 is 0 Å². The van der Waals surface area contributed by atoms with Gasteiger partial charge in [-0.15, -0.1) is 0 Å². The molecule has 1 aliphatic rings. The number of rotatable bonds is 2. The van der Waals surface area contributed by atoms with Gasteiger partial charge in [-0.25, -0.2) is 4.39 Å². The third-order valence-corrected chi connectivity index (χ3v) is 3.20. The van der Waals surface area contributed by atoms with Crippen LogP contribution in [0.5, 0.6) is 0 Å². The Kier molecular flexibility index (Phi) is 2.24. The van der Waals surface area contributed by atoms with Crippen LogP contribution >= 0.6 is 0 Å². The minimum Gasteiger partial charge on any atom is -0.207 e. The van der Waals surface area contributed by atoms with Gasteiger partial charge in [0.15, 0.2) is 0 Å². The first-order chi connectivity index (χ1) is 7.84. The quantitative estimate of drug-likeness (QED) is 0.706. The van der Waals surface area contributed by atoms with Crippen LogP contribution in [0.25, 0.3) is 0 Å². The lowest BCUT2D eigenvalue weighted by Gasteiger charge is -2.00. The average molecular weight is 211 g/mol. The summed E-state index contributed by atoms with van der Waals surface area (Å²) in [5.41, 5.74) is 2.36. The fourth-order valence-corrected chi connectivity index (χ4v) is 2.28. The molecule has 16 heavy (non-hydrogen) atoms. The molecule has 1 fully saturated rings. The summed E-state index contributed by atoms with van der Waals surface area (Å²) in [6.45, 7) is 0. The lowest BCUT2D eigenvalue weighted by atomic mass is 10.0. The van der Waals surface area contributed by atoms with Crippen molar-refractivity contribution in [1.29, 1.82) is 0 Å². The van der Waals surface area contributed by atoms with Crippen molar-refractivity contribution in [1.82, 2.24) is 0 Å². The van der Waals surface area contributed by atoms with E-state index in [-0.39, 0.29) is 5.82 Å². The maximum Gasteiger partial charge on any atom is 0.123 e. The van der Waals surface area contributed by atoms with Crippen molar-refractivity contribution >= 4 is 0 Å². The van der Waals surface area contributed by atoms with Crippen LogP contribution in [0.2, 0.25) is 0 Å². The molecule has 0 aromatic heterocycles. The van der Waals surface area contributed by atoms with Crippen LogP contribution in [-0.2, 0) is 0 Å². The first-order valence-corrected chi connectivity index (χ1v) is 5.56. The minimum atomic E-state index is -0.139. The highest BCUT2D eigenvalue weighted by Gasteiger charge is 2.39. The van der Waals surface area contributed by atoms with Gasteiger partial charge in [0.25, 0.3) is 0 Å². The van der Waals surface area contributed by atoms with Crippen molar-refractivity contribution in [3.63, 3.8) is 0 Å². The van der Waals surface area contributed by atoms with Crippen LogP contribution in [0.3, 0.4) is 0 Å². The third kappa shape index (κ3) is 1.73. The summed E-state index contributed by atoms with van der Waals surface area (Å²) < 4.78 is 13.1. The van der Waals surface area contributed by atoms with E-state index in [1.165, 1.54) is 11.6 Å². The molecular formula is C15H12F. The van der Waals surface area contributed by atoms with Crippen molar-refractivity contribution < 1.29 is 4.39 Å². The maximum atomic E-state index is 13.1. The molecule has 0 unspecified atom stereocenters. The van der Waals surface area contributed by atoms with Gasteiger partial charge in [-0.1, -0.05) is 36.4 Å². The average Bonchev–Trinajstić information content (AvgIpc) is 3.10. The Labute approximate surface area is 94.7 Å². The Bertz CT molecular complexity index is 490. The smallest absolute Gasteiger partial charge is 0.123 e. The highest BCUT2D eigenvalue weighted by atomic mass is 19.1. The number of hydrogen-bond donors (Lipinski definition) is 0. The number of halogens is 1. The van der Waals surface area contributed by atoms with Crippen LogP contribution in [0.1, 0.15) is 29.4 Å². The van der Waals surface area contributed by atoms with Gasteiger partial charge in [0.05, 0.1) is 0 Å². The molecule has 2 atom stereocenters. The van der Waals surface area contributed by atoms with Gasteiger partial charge in [0.1, 0.15) is 5.82 Å². The van der Waals surface area contributed by atoms with Crippen LogP contribution in [-0.4, -0.2) is 0 Å². The van der Waals surface area contributed by atoms with Gasteiger partial charge >= 0.3 is 0 Å². The van der Waals surface area contributed by atoms with Gasteiger partial charge < -0.3 is 0 Å². The molecule has 1 radical (unpaired) electrons. The molecule has 0 amide bonds. The van der Waals surface area contributed by atoms with E-state index in [9.17, 15) is 4.39 Å². The Morgan fingerprint density at radius 3 is 2.75 bits per heavy atom. The maximum absolute atomic E-state index is 13.1. The highest BCUT2D eigenvalue weighted by Crippen LogP contribution is 2.54. The summed E-state index contributed by atoms with van der Waals surface area (Å²) in [6.07, 6.45) is 1.12. The van der Waals surface area contributed by atoms with E-state index in [0.29, 0.717) is 11.8 Å². The van der Waals surface area contributed by atoms with Gasteiger partial charge in [-0.05, 0) is 47.6 Å². The molecule has 1 aliphatic carbocycles. The molecule has 0 N–H and O–H groups in total. The minimum absolute atomic E-state index is 0.139. The summed E-state index contributed by atoms with van der Waals surface area (Å²) >= 11 is 0. The largest absolute Gasteiger partial charge is 0.207 e. The van der Waals surface area contributed by atoms with Gasteiger partial charge in [-0.2, -0.15) is 0 Å². The molecule has 0 heterocycles. The SMILES string of the molecule is Fc1cccc([C@@H]2C[C@H]2c2[c]cccc2)c1. The van der Waals surface area contributed by atoms with Crippen molar-refractivity contribution in [3.8, 4) is 0 Å². The monoisotopic (exact) mass is 211 g/mol. The van der Waals surface area contributed by atoms with Crippen molar-refractivity contribution in [2.45, 2.75) is 18.3 Å². The highest BCUT2D eigenvalue weighted by molar-refractivity contribution is 5.35. The summed E-state index contributed by atoms with van der Waals surface area (Å²) in [4.78, 5) is 0. The Hall–Kier alpha value is -1.63. The molecule has 2 aromatic rings. The summed E-state index contributed by atoms with van der Waals surface area (Å²) in [6, 6.07) is 18.2. The second-order valence-corrected chi connectivity index (χ2v) is 4.32. The van der Waals surface area contributed by atoms with Crippen LogP contribution in [0, 0.1) is 11.9 Å². The molecule has 0 aliphatic heterocycles. The lowest BCUT2D eigenvalue weighted by Crippen LogP contribution is -1.85. The standard InChI is InChI=1S/C15H12F/c16-13-8-4-7-12(9-13)15-10-14(15)11-5-2-1-3-6-11/h1-5,7-9,14-15H,10H2/t14-,15-/m0/s1. The van der Waals surface area contributed by atoms with E-state index in [4.69, 9.17) is 0 Å². The molecule has 1 saturated carbocycles. The zero-order valence-electron chi connectivity index (χ0n) is 8.86. The number of hydrogen-bond acceptors (Lipinski definition) is 0. The molecular weight excluding hydrogens is 199 g/mol. The lowest BCUT2D eigenvalue weighted by molar-refractivity contribution is 0.625. The second kappa shape index (κ2) is 3.75. The Balaban J connectivity index is 1.82. The molecule has 0 nitrogen and oxygen atoms in total. The van der Waals surface area contributed by atoms with E-state index in [0.717, 1.165) is 12.0 Å². The van der Waals surface area contributed by atoms with Gasteiger partial charge in [0, 0.05) is 0 Å². The summed E-state index contributed by atoms with van der Waals surface area (Å²) in [5.74, 6) is 0.873. The van der Waals surface area contributed by atoms with Crippen molar-refractivity contribution in [2.24, 2.45) is 0 Å². The van der Waals surface area contributed by atoms with Crippen LogP contribution < -0.4 is 0 Å². The predicted octanol–water partition coefficient (Wildman–Crippen LogP) is 3.90. The normalized spacial score (nSPS) is 23.1.